The van der Waals surface area contributed by atoms with Gasteiger partial charge in [-0.15, -0.1) is 0 Å². The van der Waals surface area contributed by atoms with Crippen LogP contribution in [0, 0.1) is 0 Å². The van der Waals surface area contributed by atoms with Gasteiger partial charge in [0.05, 0.1) is 12.7 Å². The van der Waals surface area contributed by atoms with Crippen LogP contribution < -0.4 is 15.5 Å². The van der Waals surface area contributed by atoms with Crippen LogP contribution in [0.4, 0.5) is 10.5 Å². The molecule has 1 aromatic carbocycles. The zero-order valence-electron chi connectivity index (χ0n) is 13.3. The number of nitrogens with one attached hydrogen (secondary N) is 2. The predicted molar refractivity (Wildman–Crippen MR) is 85.4 cm³/mol. The van der Waals surface area contributed by atoms with E-state index in [0.717, 1.165) is 12.8 Å². The van der Waals surface area contributed by atoms with Gasteiger partial charge < -0.3 is 20.3 Å². The maximum Gasteiger partial charge on any atom is 0.337 e. The first-order chi connectivity index (χ1) is 11.0. The van der Waals surface area contributed by atoms with Crippen molar-refractivity contribution in [1.82, 2.24) is 10.6 Å². The first kappa shape index (κ1) is 16.8. The zero-order chi connectivity index (χ0) is 16.8. The second-order valence-corrected chi connectivity index (χ2v) is 5.38. The van der Waals surface area contributed by atoms with Crippen LogP contribution in [0.5, 0.6) is 0 Å². The minimum absolute atomic E-state index is 0.139. The lowest BCUT2D eigenvalue weighted by Gasteiger charge is -2.21. The number of amides is 3. The summed E-state index contributed by atoms with van der Waals surface area (Å²) in [6.45, 7) is 2.15. The SMILES string of the molecule is COC(=O)c1ccc(N(CCNC(=O)NC2CC2)C(C)=O)cc1. The van der Waals surface area contributed by atoms with Crippen molar-refractivity contribution < 1.29 is 19.1 Å². The number of methoxy groups -OCH3 is 1. The lowest BCUT2D eigenvalue weighted by Crippen LogP contribution is -2.42. The molecular formula is C16H21N3O4. The topological polar surface area (TPSA) is 87.7 Å². The van der Waals surface area contributed by atoms with E-state index in [1.165, 1.54) is 14.0 Å². The molecule has 0 atom stereocenters. The van der Waals surface area contributed by atoms with Crippen LogP contribution in [0.15, 0.2) is 24.3 Å². The fourth-order valence-electron chi connectivity index (χ4n) is 2.11. The van der Waals surface area contributed by atoms with Crippen molar-refractivity contribution in [3.63, 3.8) is 0 Å². The lowest BCUT2D eigenvalue weighted by atomic mass is 10.2. The number of nitrogens with zero attached hydrogens (tertiary/aromatic N) is 1. The molecule has 0 bridgehead atoms. The van der Waals surface area contributed by atoms with Crippen LogP contribution in [0.25, 0.3) is 0 Å². The average molecular weight is 319 g/mol. The van der Waals surface area contributed by atoms with E-state index in [2.05, 4.69) is 15.4 Å². The fourth-order valence-corrected chi connectivity index (χ4v) is 2.11. The van der Waals surface area contributed by atoms with Gasteiger partial charge in [0, 0.05) is 31.7 Å². The minimum Gasteiger partial charge on any atom is -0.465 e. The van der Waals surface area contributed by atoms with Crippen LogP contribution in [-0.4, -0.2) is 44.1 Å². The summed E-state index contributed by atoms with van der Waals surface area (Å²) in [5, 5.41) is 5.55. The maximum absolute atomic E-state index is 11.8. The number of esters is 1. The van der Waals surface area contributed by atoms with E-state index in [9.17, 15) is 14.4 Å². The van der Waals surface area contributed by atoms with Crippen LogP contribution in [0.3, 0.4) is 0 Å². The largest absolute Gasteiger partial charge is 0.465 e. The summed E-state index contributed by atoms with van der Waals surface area (Å²) in [6, 6.07) is 6.65. The summed E-state index contributed by atoms with van der Waals surface area (Å²) in [5.41, 5.74) is 1.08. The van der Waals surface area contributed by atoms with E-state index < -0.39 is 5.97 Å². The molecule has 3 amide bonds. The van der Waals surface area contributed by atoms with Gasteiger partial charge in [-0.2, -0.15) is 0 Å². The molecule has 0 heterocycles. The molecule has 1 aliphatic carbocycles. The van der Waals surface area contributed by atoms with Gasteiger partial charge in [0.1, 0.15) is 0 Å². The highest BCUT2D eigenvalue weighted by atomic mass is 16.5. The average Bonchev–Trinajstić information content (AvgIpc) is 3.34. The van der Waals surface area contributed by atoms with E-state index in [4.69, 9.17) is 0 Å². The third-order valence-corrected chi connectivity index (χ3v) is 3.51. The normalized spacial score (nSPS) is 13.1. The van der Waals surface area contributed by atoms with Gasteiger partial charge in [-0.05, 0) is 37.1 Å². The molecule has 0 spiro atoms. The monoisotopic (exact) mass is 319 g/mol. The third kappa shape index (κ3) is 4.98. The highest BCUT2D eigenvalue weighted by Gasteiger charge is 2.23. The number of carbonyl (C=O) groups excluding carboxylic acids is 3. The lowest BCUT2D eigenvalue weighted by molar-refractivity contribution is -0.116. The number of hydrogen-bond acceptors (Lipinski definition) is 4. The number of anilines is 1. The zero-order valence-corrected chi connectivity index (χ0v) is 13.3. The molecule has 7 nitrogen and oxygen atoms in total. The predicted octanol–water partition coefficient (Wildman–Crippen LogP) is 1.29. The van der Waals surface area contributed by atoms with Crippen LogP contribution >= 0.6 is 0 Å². The molecule has 0 aromatic heterocycles. The molecule has 1 saturated carbocycles. The molecule has 7 heteroatoms. The molecule has 23 heavy (non-hydrogen) atoms. The molecule has 0 aliphatic heterocycles. The summed E-state index contributed by atoms with van der Waals surface area (Å²) in [6.07, 6.45) is 2.05. The molecule has 0 radical (unpaired) electrons. The molecule has 1 aliphatic rings. The Balaban J connectivity index is 1.90. The Morgan fingerprint density at radius 3 is 2.39 bits per heavy atom. The number of urea groups is 1. The third-order valence-electron chi connectivity index (χ3n) is 3.51. The Morgan fingerprint density at radius 2 is 1.87 bits per heavy atom. The Hall–Kier alpha value is -2.57. The number of carbonyl (C=O) groups is 3. The van der Waals surface area contributed by atoms with Gasteiger partial charge in [-0.1, -0.05) is 0 Å². The van der Waals surface area contributed by atoms with E-state index in [-0.39, 0.29) is 11.9 Å². The summed E-state index contributed by atoms with van der Waals surface area (Å²) in [7, 11) is 1.32. The number of ether oxygens (including phenoxy) is 1. The van der Waals surface area contributed by atoms with Crippen LogP contribution in [0.1, 0.15) is 30.1 Å². The first-order valence-corrected chi connectivity index (χ1v) is 7.52. The number of benzene rings is 1. The Kier molecular flexibility index (Phi) is 5.56. The van der Waals surface area contributed by atoms with E-state index in [0.29, 0.717) is 30.4 Å². The van der Waals surface area contributed by atoms with Crippen molar-refractivity contribution in [2.24, 2.45) is 0 Å². The highest BCUT2D eigenvalue weighted by Crippen LogP contribution is 2.18. The second-order valence-electron chi connectivity index (χ2n) is 5.38. The van der Waals surface area contributed by atoms with Gasteiger partial charge in [0.2, 0.25) is 5.91 Å². The summed E-state index contributed by atoms with van der Waals surface area (Å²) in [5.74, 6) is -0.565. The molecular weight excluding hydrogens is 298 g/mol. The molecule has 0 saturated heterocycles. The van der Waals surface area contributed by atoms with Crippen molar-refractivity contribution in [3.8, 4) is 0 Å². The van der Waals surface area contributed by atoms with Gasteiger partial charge in [0.15, 0.2) is 0 Å². The highest BCUT2D eigenvalue weighted by molar-refractivity contribution is 5.93. The quantitative estimate of drug-likeness (QED) is 0.773. The van der Waals surface area contributed by atoms with Gasteiger partial charge in [0.25, 0.3) is 0 Å². The molecule has 0 unspecified atom stereocenters. The van der Waals surface area contributed by atoms with Crippen molar-refractivity contribution in [2.75, 3.05) is 25.1 Å². The summed E-state index contributed by atoms with van der Waals surface area (Å²) in [4.78, 5) is 36.3. The molecule has 124 valence electrons. The van der Waals surface area contributed by atoms with Crippen LogP contribution in [0.2, 0.25) is 0 Å². The fraction of sp³-hybridized carbons (Fsp3) is 0.438. The van der Waals surface area contributed by atoms with Gasteiger partial charge >= 0.3 is 12.0 Å². The number of rotatable bonds is 6. The first-order valence-electron chi connectivity index (χ1n) is 7.52. The molecule has 2 rings (SSSR count). The van der Waals surface area contributed by atoms with Crippen LogP contribution in [-0.2, 0) is 9.53 Å². The molecule has 1 fully saturated rings. The smallest absolute Gasteiger partial charge is 0.337 e. The van der Waals surface area contributed by atoms with E-state index in [1.807, 2.05) is 0 Å². The number of hydrogen-bond donors (Lipinski definition) is 2. The van der Waals surface area contributed by atoms with Crippen molar-refractivity contribution >= 4 is 23.6 Å². The van der Waals surface area contributed by atoms with Crippen molar-refractivity contribution in [2.45, 2.75) is 25.8 Å². The second kappa shape index (κ2) is 7.62. The Labute approximate surface area is 135 Å². The summed E-state index contributed by atoms with van der Waals surface area (Å²) < 4.78 is 4.64. The minimum atomic E-state index is -0.427. The van der Waals surface area contributed by atoms with E-state index in [1.54, 1.807) is 29.2 Å². The van der Waals surface area contributed by atoms with Gasteiger partial charge in [-0.25, -0.2) is 9.59 Å². The maximum atomic E-state index is 11.8. The van der Waals surface area contributed by atoms with E-state index >= 15 is 0 Å². The van der Waals surface area contributed by atoms with Gasteiger partial charge in [-0.3, -0.25) is 4.79 Å². The standard InChI is InChI=1S/C16H21N3O4/c1-11(20)19(10-9-17-16(22)18-13-5-6-13)14-7-3-12(4-8-14)15(21)23-2/h3-4,7-8,13H,5-6,9-10H2,1-2H3,(H2,17,18,22). The Bertz CT molecular complexity index is 581. The molecule has 1 aromatic rings. The van der Waals surface area contributed by atoms with Crippen molar-refractivity contribution in [3.05, 3.63) is 29.8 Å². The summed E-state index contributed by atoms with van der Waals surface area (Å²) >= 11 is 0. The molecule has 2 N–H and O–H groups in total. The van der Waals surface area contributed by atoms with Crippen molar-refractivity contribution in [1.29, 1.82) is 0 Å². The Morgan fingerprint density at radius 1 is 1.22 bits per heavy atom.